The highest BCUT2D eigenvalue weighted by atomic mass is 16.6. The van der Waals surface area contributed by atoms with Crippen molar-refractivity contribution in [3.05, 3.63) is 27.9 Å². The van der Waals surface area contributed by atoms with Crippen LogP contribution in [0.1, 0.15) is 12.5 Å². The Balaban J connectivity index is 3.27. The summed E-state index contributed by atoms with van der Waals surface area (Å²) in [6.45, 7) is 1.50. The van der Waals surface area contributed by atoms with E-state index in [-0.39, 0.29) is 17.2 Å². The van der Waals surface area contributed by atoms with Crippen molar-refractivity contribution >= 4 is 17.2 Å². The van der Waals surface area contributed by atoms with Crippen molar-refractivity contribution in [2.75, 3.05) is 5.73 Å². The second kappa shape index (κ2) is 3.18. The second-order valence-electron chi connectivity index (χ2n) is 2.51. The third-order valence-electron chi connectivity index (χ3n) is 1.52. The summed E-state index contributed by atoms with van der Waals surface area (Å²) < 4.78 is 0. The lowest BCUT2D eigenvalue weighted by Crippen LogP contribution is -2.03. The summed E-state index contributed by atoms with van der Waals surface area (Å²) in [4.78, 5) is 13.4. The van der Waals surface area contributed by atoms with E-state index in [1.165, 1.54) is 13.0 Å². The molecule has 0 aliphatic rings. The maximum absolute atomic E-state index is 10.3. The van der Waals surface area contributed by atoms with Crippen LogP contribution in [-0.2, 0) is 0 Å². The zero-order valence-corrected chi connectivity index (χ0v) is 6.94. The van der Waals surface area contributed by atoms with Gasteiger partial charge in [-0.15, -0.1) is 0 Å². The lowest BCUT2D eigenvalue weighted by atomic mass is 10.1. The summed E-state index contributed by atoms with van der Waals surface area (Å²) in [5, 5.41) is 17.6. The average Bonchev–Trinajstić information content (AvgIpc) is 2.04. The first-order valence-electron chi connectivity index (χ1n) is 3.48. The highest BCUT2D eigenvalue weighted by Gasteiger charge is 2.11. The number of hydrogen-bond acceptors (Lipinski definition) is 5. The van der Waals surface area contributed by atoms with Gasteiger partial charge < -0.3 is 11.1 Å². The molecule has 0 saturated heterocycles. The number of pyridine rings is 1. The van der Waals surface area contributed by atoms with E-state index in [2.05, 4.69) is 4.98 Å². The quantitative estimate of drug-likeness (QED) is 0.401. The molecular formula is C7H8N4O2. The largest absolute Gasteiger partial charge is 0.383 e. The third kappa shape index (κ3) is 1.78. The van der Waals surface area contributed by atoms with Crippen LogP contribution < -0.4 is 5.73 Å². The van der Waals surface area contributed by atoms with E-state index in [4.69, 9.17) is 11.1 Å². The molecule has 0 unspecified atom stereocenters. The van der Waals surface area contributed by atoms with Crippen LogP contribution in [0.25, 0.3) is 0 Å². The third-order valence-corrected chi connectivity index (χ3v) is 1.52. The zero-order chi connectivity index (χ0) is 10.0. The lowest BCUT2D eigenvalue weighted by molar-refractivity contribution is -0.385. The number of nitrogens with one attached hydrogen (secondary N) is 1. The van der Waals surface area contributed by atoms with Crippen LogP contribution in [0.4, 0.5) is 11.5 Å². The van der Waals surface area contributed by atoms with E-state index in [9.17, 15) is 10.1 Å². The van der Waals surface area contributed by atoms with Crippen LogP contribution in [0.5, 0.6) is 0 Å². The number of nitro groups is 1. The van der Waals surface area contributed by atoms with E-state index in [0.717, 1.165) is 6.20 Å². The lowest BCUT2D eigenvalue weighted by Gasteiger charge is -2.00. The van der Waals surface area contributed by atoms with Gasteiger partial charge in [0.25, 0.3) is 5.69 Å². The van der Waals surface area contributed by atoms with Gasteiger partial charge in [-0.1, -0.05) is 0 Å². The van der Waals surface area contributed by atoms with Crippen molar-refractivity contribution in [3.63, 3.8) is 0 Å². The Hall–Kier alpha value is -1.98. The molecule has 68 valence electrons. The molecule has 0 saturated carbocycles. The number of nitrogens with two attached hydrogens (primary N) is 1. The van der Waals surface area contributed by atoms with Crippen LogP contribution >= 0.6 is 0 Å². The number of rotatable bonds is 2. The summed E-state index contributed by atoms with van der Waals surface area (Å²) in [5.41, 5.74) is 5.72. The maximum atomic E-state index is 10.3. The number of aromatic nitrogens is 1. The molecule has 0 aliphatic carbocycles. The summed E-state index contributed by atoms with van der Waals surface area (Å²) in [6, 6.07) is 1.24. The Kier molecular flexibility index (Phi) is 2.23. The Bertz CT molecular complexity index is 375. The molecule has 1 aromatic rings. The minimum atomic E-state index is -0.571. The summed E-state index contributed by atoms with van der Waals surface area (Å²) in [6.07, 6.45) is 1.07. The van der Waals surface area contributed by atoms with Gasteiger partial charge in [0.2, 0.25) is 0 Å². The molecule has 6 nitrogen and oxygen atoms in total. The molecule has 0 aliphatic heterocycles. The van der Waals surface area contributed by atoms with Crippen LogP contribution in [-0.4, -0.2) is 15.6 Å². The first-order chi connectivity index (χ1) is 6.02. The Labute approximate surface area is 74.1 Å². The van der Waals surface area contributed by atoms with Gasteiger partial charge in [0.1, 0.15) is 12.0 Å². The van der Waals surface area contributed by atoms with Crippen molar-refractivity contribution in [2.24, 2.45) is 0 Å². The fourth-order valence-electron chi connectivity index (χ4n) is 0.865. The normalized spacial score (nSPS) is 9.62. The number of nitrogens with zero attached hydrogens (tertiary/aromatic N) is 2. The number of nitrogen functional groups attached to an aromatic ring is 1. The van der Waals surface area contributed by atoms with Gasteiger partial charge in [0, 0.05) is 17.3 Å². The molecule has 6 heteroatoms. The van der Waals surface area contributed by atoms with Crippen molar-refractivity contribution < 1.29 is 4.92 Å². The van der Waals surface area contributed by atoms with Gasteiger partial charge in [-0.25, -0.2) is 4.98 Å². The molecule has 1 rings (SSSR count). The minimum absolute atomic E-state index is 0.137. The van der Waals surface area contributed by atoms with Crippen molar-refractivity contribution in [1.82, 2.24) is 4.98 Å². The van der Waals surface area contributed by atoms with Gasteiger partial charge in [0.05, 0.1) is 4.92 Å². The molecule has 0 amide bonds. The van der Waals surface area contributed by atoms with Gasteiger partial charge in [-0.05, 0) is 6.92 Å². The molecule has 3 N–H and O–H groups in total. The molecule has 13 heavy (non-hydrogen) atoms. The highest BCUT2D eigenvalue weighted by molar-refractivity contribution is 6.00. The van der Waals surface area contributed by atoms with Crippen molar-refractivity contribution in [3.8, 4) is 0 Å². The SMILES string of the molecule is CC(=N)c1cc([N+](=O)[O-])cnc1N. The molecule has 1 aromatic heterocycles. The minimum Gasteiger partial charge on any atom is -0.383 e. The van der Waals surface area contributed by atoms with Gasteiger partial charge in [-0.3, -0.25) is 10.1 Å². The number of anilines is 1. The highest BCUT2D eigenvalue weighted by Crippen LogP contribution is 2.16. The summed E-state index contributed by atoms with van der Waals surface area (Å²) in [7, 11) is 0. The summed E-state index contributed by atoms with van der Waals surface area (Å²) >= 11 is 0. The van der Waals surface area contributed by atoms with Gasteiger partial charge >= 0.3 is 0 Å². The van der Waals surface area contributed by atoms with Gasteiger partial charge in [-0.2, -0.15) is 0 Å². The van der Waals surface area contributed by atoms with Crippen molar-refractivity contribution in [1.29, 1.82) is 5.41 Å². The van der Waals surface area contributed by atoms with Crippen molar-refractivity contribution in [2.45, 2.75) is 6.92 Å². The maximum Gasteiger partial charge on any atom is 0.288 e. The predicted octanol–water partition coefficient (Wildman–Crippen LogP) is 0.960. The Morgan fingerprint density at radius 2 is 2.38 bits per heavy atom. The first kappa shape index (κ1) is 9.11. The molecule has 0 bridgehead atoms. The van der Waals surface area contributed by atoms with Gasteiger partial charge in [0.15, 0.2) is 0 Å². The Morgan fingerprint density at radius 3 is 2.85 bits per heavy atom. The van der Waals surface area contributed by atoms with E-state index >= 15 is 0 Å². The molecule has 0 spiro atoms. The fourth-order valence-corrected chi connectivity index (χ4v) is 0.865. The standard InChI is InChI=1S/C7H8N4O2/c1-4(8)6-2-5(11(12)13)3-10-7(6)9/h2-3,8H,1H3,(H2,9,10). The monoisotopic (exact) mass is 180 g/mol. The van der Waals surface area contributed by atoms with Crippen LogP contribution in [0.2, 0.25) is 0 Å². The van der Waals surface area contributed by atoms with Crippen LogP contribution in [0.3, 0.4) is 0 Å². The molecule has 0 atom stereocenters. The molecule has 0 aromatic carbocycles. The Morgan fingerprint density at radius 1 is 1.77 bits per heavy atom. The smallest absolute Gasteiger partial charge is 0.288 e. The zero-order valence-electron chi connectivity index (χ0n) is 6.94. The van der Waals surface area contributed by atoms with Crippen LogP contribution in [0.15, 0.2) is 12.3 Å². The van der Waals surface area contributed by atoms with E-state index < -0.39 is 4.92 Å². The molecule has 0 fully saturated rings. The molecular weight excluding hydrogens is 172 g/mol. The van der Waals surface area contributed by atoms with E-state index in [1.54, 1.807) is 0 Å². The molecule has 0 radical (unpaired) electrons. The second-order valence-corrected chi connectivity index (χ2v) is 2.51. The van der Waals surface area contributed by atoms with E-state index in [0.29, 0.717) is 5.56 Å². The molecule has 1 heterocycles. The summed E-state index contributed by atoms with van der Waals surface area (Å²) in [5.74, 6) is 0.137. The van der Waals surface area contributed by atoms with E-state index in [1.807, 2.05) is 0 Å². The number of hydrogen-bond donors (Lipinski definition) is 2. The fraction of sp³-hybridized carbons (Fsp3) is 0.143. The van der Waals surface area contributed by atoms with Crippen LogP contribution in [0, 0.1) is 15.5 Å². The topological polar surface area (TPSA) is 106 Å². The first-order valence-corrected chi connectivity index (χ1v) is 3.48. The average molecular weight is 180 g/mol. The predicted molar refractivity (Wildman–Crippen MR) is 47.8 cm³/mol.